The molecule has 0 aliphatic heterocycles. The Labute approximate surface area is 127 Å². The van der Waals surface area contributed by atoms with E-state index in [2.05, 4.69) is 0 Å². The average molecular weight is 374 g/mol. The molecule has 0 fully saturated rings. The summed E-state index contributed by atoms with van der Waals surface area (Å²) in [5.74, 6) is 0. The summed E-state index contributed by atoms with van der Waals surface area (Å²) in [5.41, 5.74) is 9.81. The minimum absolute atomic E-state index is 0.0994. The molecule has 0 spiro atoms. The van der Waals surface area contributed by atoms with Gasteiger partial charge in [0.2, 0.25) is 0 Å². The molecular formula is C13H34N2O4Zr. The first-order chi connectivity index (χ1) is 9.22. The van der Waals surface area contributed by atoms with Gasteiger partial charge in [0.1, 0.15) is 0 Å². The van der Waals surface area contributed by atoms with E-state index < -0.39 is 38.6 Å². The van der Waals surface area contributed by atoms with Gasteiger partial charge >= 0.3 is 103 Å². The van der Waals surface area contributed by atoms with Gasteiger partial charge in [-0.1, -0.05) is 0 Å². The average Bonchev–Trinajstić information content (AvgIpc) is 2.26. The second-order valence-electron chi connectivity index (χ2n) is 5.71. The molecule has 0 bridgehead atoms. The predicted molar refractivity (Wildman–Crippen MR) is 79.5 cm³/mol. The Balaban J connectivity index is 0. The maximum atomic E-state index is 9.55. The van der Waals surface area contributed by atoms with Crippen LogP contribution in [0.3, 0.4) is 0 Å². The maximum absolute atomic E-state index is 9.55. The van der Waals surface area contributed by atoms with Crippen LogP contribution in [0.25, 0.3) is 0 Å². The summed E-state index contributed by atoms with van der Waals surface area (Å²) >= 11 is -2.80. The number of rotatable bonds is 9. The standard InChI is InChI=1S/3C3H7O.C2H8N2.C2H5O.Zr/c3*1-3(2)4;3-1-2-4;1-2-3;/h3*3-4H,1H2,2H3;1-4H2;3H,1-2H2;. The van der Waals surface area contributed by atoms with Crippen LogP contribution in [0.1, 0.15) is 20.8 Å². The van der Waals surface area contributed by atoms with Crippen LogP contribution in [0, 0.1) is 0 Å². The molecular weight excluding hydrogens is 339 g/mol. The number of aliphatic hydroxyl groups is 4. The SMILES string of the molecule is CC(O)[CH2][Zr]([CH2]CO)([CH2]C(C)O)[CH2]C(C)O.NCCN. The summed E-state index contributed by atoms with van der Waals surface area (Å²) in [4.78, 5) is 0. The van der Waals surface area contributed by atoms with E-state index in [1.807, 2.05) is 0 Å². The van der Waals surface area contributed by atoms with Gasteiger partial charge in [0, 0.05) is 13.1 Å². The van der Waals surface area contributed by atoms with E-state index >= 15 is 0 Å². The fraction of sp³-hybridized carbons (Fsp3) is 1.00. The Bertz CT molecular complexity index is 188. The van der Waals surface area contributed by atoms with Crippen molar-refractivity contribution < 1.29 is 40.7 Å². The molecule has 0 heterocycles. The van der Waals surface area contributed by atoms with E-state index in [4.69, 9.17) is 16.6 Å². The van der Waals surface area contributed by atoms with Crippen LogP contribution in [0.15, 0.2) is 0 Å². The molecule has 0 aliphatic rings. The van der Waals surface area contributed by atoms with E-state index in [-0.39, 0.29) is 6.61 Å². The van der Waals surface area contributed by atoms with Gasteiger partial charge in [-0.25, -0.2) is 0 Å². The molecule has 3 unspecified atom stereocenters. The number of aliphatic hydroxyl groups excluding tert-OH is 4. The molecule has 0 radical (unpaired) electrons. The van der Waals surface area contributed by atoms with Crippen molar-refractivity contribution in [2.24, 2.45) is 11.5 Å². The minimum atomic E-state index is -2.80. The third kappa shape index (κ3) is 13.6. The second kappa shape index (κ2) is 13.3. The van der Waals surface area contributed by atoms with Crippen molar-refractivity contribution in [2.45, 2.75) is 55.6 Å². The fourth-order valence-electron chi connectivity index (χ4n) is 2.67. The van der Waals surface area contributed by atoms with Crippen molar-refractivity contribution in [1.82, 2.24) is 0 Å². The van der Waals surface area contributed by atoms with Crippen molar-refractivity contribution in [2.75, 3.05) is 19.7 Å². The largest absolute Gasteiger partial charge is 0.329 e. The first-order valence-corrected chi connectivity index (χ1v) is 14.2. The first kappa shape index (κ1) is 22.9. The number of hydrogen-bond donors (Lipinski definition) is 6. The molecule has 124 valence electrons. The smallest absolute Gasteiger partial charge is 0.00461 e. The molecule has 3 atom stereocenters. The number of hydrogen-bond acceptors (Lipinski definition) is 6. The monoisotopic (exact) mass is 372 g/mol. The van der Waals surface area contributed by atoms with Crippen molar-refractivity contribution in [3.63, 3.8) is 0 Å². The summed E-state index contributed by atoms with van der Waals surface area (Å²) in [6.07, 6.45) is -1.21. The Kier molecular flexibility index (Phi) is 15.3. The Morgan fingerprint density at radius 3 is 1.25 bits per heavy atom. The first-order valence-electron chi connectivity index (χ1n) is 7.28. The van der Waals surface area contributed by atoms with Gasteiger partial charge in [-0.15, -0.1) is 0 Å². The molecule has 8 N–H and O–H groups in total. The minimum Gasteiger partial charge on any atom is -0.329 e. The summed E-state index contributed by atoms with van der Waals surface area (Å²) in [6.45, 7) is 6.52. The third-order valence-electron chi connectivity index (χ3n) is 2.99. The van der Waals surface area contributed by atoms with Crippen molar-refractivity contribution in [3.8, 4) is 0 Å². The number of nitrogens with two attached hydrogens (primary N) is 2. The van der Waals surface area contributed by atoms with Crippen LogP contribution in [-0.4, -0.2) is 58.4 Å². The Morgan fingerprint density at radius 1 is 0.800 bits per heavy atom. The van der Waals surface area contributed by atoms with Crippen LogP contribution in [0.4, 0.5) is 0 Å². The quantitative estimate of drug-likeness (QED) is 0.333. The molecule has 20 heavy (non-hydrogen) atoms. The molecule has 0 amide bonds. The summed E-state index contributed by atoms with van der Waals surface area (Å²) in [7, 11) is 0. The zero-order chi connectivity index (χ0) is 16.2. The van der Waals surface area contributed by atoms with Crippen molar-refractivity contribution in [3.05, 3.63) is 0 Å². The molecule has 0 saturated carbocycles. The molecule has 0 aliphatic carbocycles. The molecule has 7 heteroatoms. The predicted octanol–water partition coefficient (Wildman–Crippen LogP) is -0.148. The summed E-state index contributed by atoms with van der Waals surface area (Å²) < 4.78 is 2.80. The van der Waals surface area contributed by atoms with Crippen LogP contribution >= 0.6 is 0 Å². The second-order valence-corrected chi connectivity index (χ2v) is 17.3. The molecule has 0 rings (SSSR count). The van der Waals surface area contributed by atoms with Gasteiger partial charge in [-0.05, 0) is 0 Å². The third-order valence-corrected chi connectivity index (χ3v) is 16.9. The Hall–Kier alpha value is 0.643. The summed E-state index contributed by atoms with van der Waals surface area (Å²) in [5, 5.41) is 37.8. The van der Waals surface area contributed by atoms with Gasteiger partial charge in [-0.3, -0.25) is 0 Å². The van der Waals surface area contributed by atoms with E-state index in [1.54, 1.807) is 20.8 Å². The topological polar surface area (TPSA) is 133 Å². The van der Waals surface area contributed by atoms with E-state index in [9.17, 15) is 15.3 Å². The van der Waals surface area contributed by atoms with Crippen molar-refractivity contribution >= 4 is 0 Å². The molecule has 0 aromatic rings. The molecule has 6 nitrogen and oxygen atoms in total. The van der Waals surface area contributed by atoms with Gasteiger partial charge in [0.25, 0.3) is 0 Å². The molecule has 0 saturated heterocycles. The van der Waals surface area contributed by atoms with Crippen LogP contribution < -0.4 is 11.5 Å². The van der Waals surface area contributed by atoms with E-state index in [0.717, 1.165) is 0 Å². The van der Waals surface area contributed by atoms with Gasteiger partial charge < -0.3 is 11.5 Å². The van der Waals surface area contributed by atoms with Crippen molar-refractivity contribution in [1.29, 1.82) is 0 Å². The van der Waals surface area contributed by atoms with Gasteiger partial charge in [-0.2, -0.15) is 0 Å². The van der Waals surface area contributed by atoms with Crippen LogP contribution in [0.2, 0.25) is 16.5 Å². The van der Waals surface area contributed by atoms with Crippen LogP contribution in [0.5, 0.6) is 0 Å². The van der Waals surface area contributed by atoms with E-state index in [1.165, 1.54) is 0 Å². The molecule has 0 aromatic carbocycles. The maximum Gasteiger partial charge on any atom is 0.00461 e. The van der Waals surface area contributed by atoms with E-state index in [0.29, 0.717) is 29.6 Å². The van der Waals surface area contributed by atoms with Gasteiger partial charge in [0.05, 0.1) is 0 Å². The van der Waals surface area contributed by atoms with Gasteiger partial charge in [0.15, 0.2) is 0 Å². The zero-order valence-electron chi connectivity index (χ0n) is 13.1. The Morgan fingerprint density at radius 2 is 1.10 bits per heavy atom. The fourth-order valence-corrected chi connectivity index (χ4v) is 15.8. The normalized spacial score (nSPS) is 18.4. The zero-order valence-corrected chi connectivity index (χ0v) is 15.6. The molecule has 0 aromatic heterocycles. The van der Waals surface area contributed by atoms with Crippen LogP contribution in [-0.2, 0) is 20.3 Å². The summed E-state index contributed by atoms with van der Waals surface area (Å²) in [6, 6.07) is 0.